The summed E-state index contributed by atoms with van der Waals surface area (Å²) in [5, 5.41) is 5.11. The molecule has 0 saturated heterocycles. The number of nitrogens with two attached hydrogens (primary N) is 1. The Labute approximate surface area is 114 Å². The average Bonchev–Trinajstić information content (AvgIpc) is 2.84. The third-order valence-corrected chi connectivity index (χ3v) is 4.66. The van der Waals surface area contributed by atoms with Gasteiger partial charge in [0.1, 0.15) is 9.77 Å². The first-order valence-corrected chi connectivity index (χ1v) is 7.60. The van der Waals surface area contributed by atoms with Crippen molar-refractivity contribution in [2.45, 2.75) is 4.90 Å². The van der Waals surface area contributed by atoms with Gasteiger partial charge in [-0.1, -0.05) is 30.3 Å². The first kappa shape index (κ1) is 13.7. The normalized spacial score (nSPS) is 11.3. The summed E-state index contributed by atoms with van der Waals surface area (Å²) in [6, 6.07) is 10.5. The van der Waals surface area contributed by atoms with Crippen molar-refractivity contribution in [3.8, 4) is 10.4 Å². The number of hydrogen-bond donors (Lipinski definition) is 1. The van der Waals surface area contributed by atoms with Crippen molar-refractivity contribution in [3.05, 3.63) is 41.3 Å². The van der Waals surface area contributed by atoms with Crippen LogP contribution in [0.15, 0.2) is 41.3 Å². The quantitative estimate of drug-likeness (QED) is 0.876. The summed E-state index contributed by atoms with van der Waals surface area (Å²) in [7, 11) is -2.77. The van der Waals surface area contributed by atoms with E-state index in [1.165, 1.54) is 13.2 Å². The van der Waals surface area contributed by atoms with Gasteiger partial charge in [0.05, 0.1) is 7.11 Å². The zero-order valence-electron chi connectivity index (χ0n) is 9.99. The van der Waals surface area contributed by atoms with Gasteiger partial charge < -0.3 is 4.74 Å². The maximum absolute atomic E-state index is 11.6. The van der Waals surface area contributed by atoms with Crippen LogP contribution < -0.4 is 5.14 Å². The van der Waals surface area contributed by atoms with Crippen LogP contribution in [0.4, 0.5) is 0 Å². The van der Waals surface area contributed by atoms with Crippen molar-refractivity contribution in [2.24, 2.45) is 5.14 Å². The number of ether oxygens (including phenoxy) is 1. The number of carbonyl (C=O) groups excluding carboxylic acids is 1. The summed E-state index contributed by atoms with van der Waals surface area (Å²) < 4.78 is 27.6. The van der Waals surface area contributed by atoms with Crippen LogP contribution in [-0.4, -0.2) is 21.5 Å². The van der Waals surface area contributed by atoms with Gasteiger partial charge in [0.25, 0.3) is 0 Å². The second-order valence-corrected chi connectivity index (χ2v) is 6.29. The first-order chi connectivity index (χ1) is 8.93. The summed E-state index contributed by atoms with van der Waals surface area (Å²) in [5.74, 6) is -0.712. The van der Waals surface area contributed by atoms with Gasteiger partial charge in [-0.3, -0.25) is 0 Å². The summed E-state index contributed by atoms with van der Waals surface area (Å²) in [6.07, 6.45) is 0. The number of primary sulfonamides is 1. The monoisotopic (exact) mass is 297 g/mol. The van der Waals surface area contributed by atoms with Gasteiger partial charge in [-0.25, -0.2) is 18.4 Å². The van der Waals surface area contributed by atoms with E-state index in [4.69, 9.17) is 5.14 Å². The van der Waals surface area contributed by atoms with Crippen LogP contribution in [0.5, 0.6) is 0 Å². The Hall–Kier alpha value is -1.70. The molecule has 0 bridgehead atoms. The molecule has 0 aliphatic rings. The molecule has 2 aromatic rings. The molecule has 0 aliphatic heterocycles. The highest BCUT2D eigenvalue weighted by Crippen LogP contribution is 2.33. The molecular formula is C12H11NO4S2. The van der Waals surface area contributed by atoms with E-state index in [2.05, 4.69) is 4.74 Å². The van der Waals surface area contributed by atoms with Gasteiger partial charge >= 0.3 is 5.97 Å². The van der Waals surface area contributed by atoms with E-state index in [1.807, 2.05) is 30.3 Å². The molecule has 0 fully saturated rings. The van der Waals surface area contributed by atoms with Crippen molar-refractivity contribution in [1.29, 1.82) is 0 Å². The number of methoxy groups -OCH3 is 1. The highest BCUT2D eigenvalue weighted by Gasteiger charge is 2.24. The van der Waals surface area contributed by atoms with Gasteiger partial charge in [-0.2, -0.15) is 0 Å². The fourth-order valence-corrected chi connectivity index (χ4v) is 3.71. The maximum atomic E-state index is 11.6. The van der Waals surface area contributed by atoms with E-state index >= 15 is 0 Å². The lowest BCUT2D eigenvalue weighted by molar-refractivity contribution is 0.0602. The second kappa shape index (κ2) is 5.12. The van der Waals surface area contributed by atoms with Gasteiger partial charge in [0, 0.05) is 4.88 Å². The number of benzene rings is 1. The molecule has 0 aliphatic carbocycles. The lowest BCUT2D eigenvalue weighted by Crippen LogP contribution is -2.15. The predicted octanol–water partition coefficient (Wildman–Crippen LogP) is 1.85. The topological polar surface area (TPSA) is 86.5 Å². The molecular weight excluding hydrogens is 286 g/mol. The molecule has 1 aromatic heterocycles. The number of rotatable bonds is 3. The molecule has 2 rings (SSSR count). The Balaban J connectivity index is 2.62. The van der Waals surface area contributed by atoms with Crippen molar-refractivity contribution in [2.75, 3.05) is 7.11 Å². The zero-order chi connectivity index (χ0) is 14.0. The highest BCUT2D eigenvalue weighted by molar-refractivity contribution is 7.89. The number of thiophene rings is 1. The molecule has 0 saturated carbocycles. The Morgan fingerprint density at radius 1 is 1.26 bits per heavy atom. The van der Waals surface area contributed by atoms with Crippen LogP contribution >= 0.6 is 11.3 Å². The summed E-state index contributed by atoms with van der Waals surface area (Å²) in [4.78, 5) is 12.0. The van der Waals surface area contributed by atoms with Gasteiger partial charge in [-0.05, 0) is 11.6 Å². The van der Waals surface area contributed by atoms with Crippen molar-refractivity contribution in [3.63, 3.8) is 0 Å². The van der Waals surface area contributed by atoms with Crippen LogP contribution in [-0.2, 0) is 14.8 Å². The molecule has 0 radical (unpaired) electrons. The van der Waals surface area contributed by atoms with Crippen LogP contribution in [0.3, 0.4) is 0 Å². The van der Waals surface area contributed by atoms with Crippen LogP contribution in [0, 0.1) is 0 Å². The van der Waals surface area contributed by atoms with E-state index in [0.29, 0.717) is 4.88 Å². The fourth-order valence-electron chi connectivity index (χ4n) is 1.57. The molecule has 2 N–H and O–H groups in total. The highest BCUT2D eigenvalue weighted by atomic mass is 32.2. The van der Waals surface area contributed by atoms with Crippen molar-refractivity contribution in [1.82, 2.24) is 0 Å². The number of esters is 1. The molecule has 1 aromatic carbocycles. The molecule has 7 heteroatoms. The zero-order valence-corrected chi connectivity index (χ0v) is 11.6. The van der Waals surface area contributed by atoms with E-state index in [1.54, 1.807) is 0 Å². The van der Waals surface area contributed by atoms with Crippen LogP contribution in [0.1, 0.15) is 9.67 Å². The molecule has 0 atom stereocenters. The summed E-state index contributed by atoms with van der Waals surface area (Å²) in [6.45, 7) is 0. The Morgan fingerprint density at radius 3 is 2.42 bits per heavy atom. The van der Waals surface area contributed by atoms with Crippen LogP contribution in [0.25, 0.3) is 10.4 Å². The predicted molar refractivity (Wildman–Crippen MR) is 72.5 cm³/mol. The van der Waals surface area contributed by atoms with E-state index in [0.717, 1.165) is 16.9 Å². The smallest absolute Gasteiger partial charge is 0.349 e. The average molecular weight is 297 g/mol. The fraction of sp³-hybridized carbons (Fsp3) is 0.0833. The van der Waals surface area contributed by atoms with E-state index in [-0.39, 0.29) is 9.77 Å². The molecule has 1 heterocycles. The van der Waals surface area contributed by atoms with Crippen LogP contribution in [0.2, 0.25) is 0 Å². The lowest BCUT2D eigenvalue weighted by atomic mass is 10.2. The third-order valence-electron chi connectivity index (χ3n) is 2.43. The molecule has 19 heavy (non-hydrogen) atoms. The second-order valence-electron chi connectivity index (χ2n) is 3.71. The molecule has 0 spiro atoms. The van der Waals surface area contributed by atoms with Gasteiger partial charge in [-0.15, -0.1) is 11.3 Å². The number of carbonyl (C=O) groups is 1. The Kier molecular flexibility index (Phi) is 3.70. The maximum Gasteiger partial charge on any atom is 0.349 e. The molecule has 100 valence electrons. The first-order valence-electron chi connectivity index (χ1n) is 5.24. The van der Waals surface area contributed by atoms with E-state index < -0.39 is 16.0 Å². The third kappa shape index (κ3) is 2.83. The van der Waals surface area contributed by atoms with Gasteiger partial charge in [0.15, 0.2) is 0 Å². The van der Waals surface area contributed by atoms with E-state index in [9.17, 15) is 13.2 Å². The Bertz CT molecular complexity index is 705. The number of sulfonamides is 1. The molecule has 0 unspecified atom stereocenters. The van der Waals surface area contributed by atoms with Gasteiger partial charge in [0.2, 0.25) is 10.0 Å². The summed E-state index contributed by atoms with van der Waals surface area (Å²) >= 11 is 1.04. The molecule has 5 nitrogen and oxygen atoms in total. The SMILES string of the molecule is COC(=O)c1sc(-c2ccccc2)cc1S(N)(=O)=O. The van der Waals surface area contributed by atoms with Crippen molar-refractivity contribution >= 4 is 27.3 Å². The lowest BCUT2D eigenvalue weighted by Gasteiger charge is -1.98. The largest absolute Gasteiger partial charge is 0.465 e. The molecule has 0 amide bonds. The van der Waals surface area contributed by atoms with Crippen molar-refractivity contribution < 1.29 is 17.9 Å². The minimum absolute atomic E-state index is 0.0103. The minimum Gasteiger partial charge on any atom is -0.465 e. The number of hydrogen-bond acceptors (Lipinski definition) is 5. The minimum atomic E-state index is -3.97. The Morgan fingerprint density at radius 2 is 1.89 bits per heavy atom. The summed E-state index contributed by atoms with van der Waals surface area (Å²) in [5.41, 5.74) is 0.813. The standard InChI is InChI=1S/C12H11NO4S2/c1-17-12(14)11-10(19(13,15)16)7-9(18-11)8-5-3-2-4-6-8/h2-7H,1H3,(H2,13,15,16).